The first-order valence-corrected chi connectivity index (χ1v) is 8.55. The number of alkyl halides is 1. The van der Waals surface area contributed by atoms with E-state index in [2.05, 4.69) is 43.4 Å². The van der Waals surface area contributed by atoms with E-state index in [1.807, 2.05) is 0 Å². The number of rotatable bonds is 6. The second-order valence-electron chi connectivity index (χ2n) is 5.85. The molecule has 0 heterocycles. The van der Waals surface area contributed by atoms with E-state index >= 15 is 0 Å². The average Bonchev–Trinajstić information content (AvgIpc) is 2.27. The van der Waals surface area contributed by atoms with Crippen LogP contribution in [-0.4, -0.2) is 3.92 Å². The molecule has 0 bridgehead atoms. The number of halogens is 1. The molecule has 4 atom stereocenters. The predicted octanol–water partition coefficient (Wildman–Crippen LogP) is 5.83. The standard InChI is InChI=1S/C15H29I/c1-4-7-14(15(16)5-2)11-13-9-6-8-12(3)10-13/h12-15H,4-11H2,1-3H3/t12?,13?,14?,15-/m0/s1. The summed E-state index contributed by atoms with van der Waals surface area (Å²) in [4.78, 5) is 0. The van der Waals surface area contributed by atoms with Crippen molar-refractivity contribution in [1.82, 2.24) is 0 Å². The van der Waals surface area contributed by atoms with Gasteiger partial charge in [0.1, 0.15) is 0 Å². The summed E-state index contributed by atoms with van der Waals surface area (Å²) in [5.74, 6) is 3.03. The van der Waals surface area contributed by atoms with Gasteiger partial charge in [0.25, 0.3) is 0 Å². The molecule has 1 saturated carbocycles. The fourth-order valence-electron chi connectivity index (χ4n) is 3.35. The number of hydrogen-bond donors (Lipinski definition) is 0. The maximum Gasteiger partial charge on any atom is 0.0135 e. The minimum atomic E-state index is 0.912. The van der Waals surface area contributed by atoms with Gasteiger partial charge in [0, 0.05) is 3.92 Å². The van der Waals surface area contributed by atoms with E-state index in [1.54, 1.807) is 0 Å². The smallest absolute Gasteiger partial charge is 0.0135 e. The van der Waals surface area contributed by atoms with Gasteiger partial charge < -0.3 is 0 Å². The van der Waals surface area contributed by atoms with Crippen LogP contribution in [0.3, 0.4) is 0 Å². The van der Waals surface area contributed by atoms with Crippen LogP contribution in [0, 0.1) is 17.8 Å². The SMILES string of the molecule is CCCC(CC1CCCC(C)C1)[C@@H](I)CC. The van der Waals surface area contributed by atoms with Crippen molar-refractivity contribution < 1.29 is 0 Å². The third-order valence-corrected chi connectivity index (χ3v) is 6.14. The summed E-state index contributed by atoms with van der Waals surface area (Å²) < 4.78 is 0.912. The molecule has 0 radical (unpaired) electrons. The maximum absolute atomic E-state index is 2.69. The Labute approximate surface area is 116 Å². The van der Waals surface area contributed by atoms with Gasteiger partial charge in [-0.15, -0.1) is 0 Å². The third-order valence-electron chi connectivity index (χ3n) is 4.24. The Morgan fingerprint density at radius 2 is 2.00 bits per heavy atom. The van der Waals surface area contributed by atoms with Gasteiger partial charge in [-0.25, -0.2) is 0 Å². The van der Waals surface area contributed by atoms with E-state index in [9.17, 15) is 0 Å². The van der Waals surface area contributed by atoms with Crippen LogP contribution in [0.25, 0.3) is 0 Å². The zero-order valence-corrected chi connectivity index (χ0v) is 13.5. The van der Waals surface area contributed by atoms with Crippen molar-refractivity contribution in [1.29, 1.82) is 0 Å². The molecule has 3 unspecified atom stereocenters. The van der Waals surface area contributed by atoms with E-state index in [0.29, 0.717) is 0 Å². The largest absolute Gasteiger partial charge is 0.0823 e. The minimum Gasteiger partial charge on any atom is -0.0823 e. The van der Waals surface area contributed by atoms with E-state index < -0.39 is 0 Å². The Bertz CT molecular complexity index is 178. The molecule has 0 spiro atoms. The lowest BCUT2D eigenvalue weighted by Crippen LogP contribution is -2.21. The van der Waals surface area contributed by atoms with Gasteiger partial charge >= 0.3 is 0 Å². The number of hydrogen-bond acceptors (Lipinski definition) is 0. The Morgan fingerprint density at radius 3 is 2.56 bits per heavy atom. The highest BCUT2D eigenvalue weighted by Gasteiger charge is 2.24. The second-order valence-corrected chi connectivity index (χ2v) is 7.45. The highest BCUT2D eigenvalue weighted by Crippen LogP contribution is 2.36. The van der Waals surface area contributed by atoms with Crippen LogP contribution >= 0.6 is 22.6 Å². The molecule has 1 aliphatic rings. The molecule has 0 amide bonds. The first kappa shape index (κ1) is 14.8. The zero-order valence-electron chi connectivity index (χ0n) is 11.3. The molecule has 0 N–H and O–H groups in total. The van der Waals surface area contributed by atoms with Crippen molar-refractivity contribution in [3.8, 4) is 0 Å². The fraction of sp³-hybridized carbons (Fsp3) is 1.00. The summed E-state index contributed by atoms with van der Waals surface area (Å²) in [5, 5.41) is 0. The maximum atomic E-state index is 2.69. The summed E-state index contributed by atoms with van der Waals surface area (Å²) in [7, 11) is 0. The average molecular weight is 336 g/mol. The van der Waals surface area contributed by atoms with E-state index in [0.717, 1.165) is 21.7 Å². The van der Waals surface area contributed by atoms with E-state index in [4.69, 9.17) is 0 Å². The molecule has 96 valence electrons. The molecule has 0 saturated heterocycles. The van der Waals surface area contributed by atoms with Gasteiger partial charge in [-0.05, 0) is 43.4 Å². The van der Waals surface area contributed by atoms with Crippen molar-refractivity contribution >= 4 is 22.6 Å². The first-order chi connectivity index (χ1) is 7.67. The molecule has 0 nitrogen and oxygen atoms in total. The molecular formula is C15H29I. The van der Waals surface area contributed by atoms with Crippen LogP contribution in [0.5, 0.6) is 0 Å². The second kappa shape index (κ2) is 7.94. The fourth-order valence-corrected chi connectivity index (χ4v) is 4.01. The van der Waals surface area contributed by atoms with Crippen molar-refractivity contribution in [2.24, 2.45) is 17.8 Å². The Morgan fingerprint density at radius 1 is 1.25 bits per heavy atom. The van der Waals surface area contributed by atoms with Crippen molar-refractivity contribution in [2.45, 2.75) is 76.1 Å². The Kier molecular flexibility index (Phi) is 7.34. The van der Waals surface area contributed by atoms with Crippen LogP contribution in [0.2, 0.25) is 0 Å². The predicted molar refractivity (Wildman–Crippen MR) is 82.2 cm³/mol. The lowest BCUT2D eigenvalue weighted by Gasteiger charge is -2.31. The van der Waals surface area contributed by atoms with Crippen LogP contribution in [0.1, 0.15) is 72.1 Å². The normalized spacial score (nSPS) is 30.0. The highest BCUT2D eigenvalue weighted by molar-refractivity contribution is 14.1. The highest BCUT2D eigenvalue weighted by atomic mass is 127. The Hall–Kier alpha value is 0.730. The van der Waals surface area contributed by atoms with Crippen LogP contribution in [-0.2, 0) is 0 Å². The van der Waals surface area contributed by atoms with Gasteiger partial charge in [0.2, 0.25) is 0 Å². The monoisotopic (exact) mass is 336 g/mol. The van der Waals surface area contributed by atoms with Crippen molar-refractivity contribution in [2.75, 3.05) is 0 Å². The topological polar surface area (TPSA) is 0 Å². The molecule has 0 aliphatic heterocycles. The molecule has 0 aromatic rings. The lowest BCUT2D eigenvalue weighted by atomic mass is 9.76. The molecular weight excluding hydrogens is 307 g/mol. The van der Waals surface area contributed by atoms with Crippen molar-refractivity contribution in [3.05, 3.63) is 0 Å². The summed E-state index contributed by atoms with van der Waals surface area (Å²) in [5.41, 5.74) is 0. The molecule has 1 aliphatic carbocycles. The molecule has 0 aromatic carbocycles. The first-order valence-electron chi connectivity index (χ1n) is 7.31. The summed E-state index contributed by atoms with van der Waals surface area (Å²) in [6.45, 7) is 7.14. The summed E-state index contributed by atoms with van der Waals surface area (Å²) >= 11 is 2.69. The molecule has 1 fully saturated rings. The van der Waals surface area contributed by atoms with E-state index in [1.165, 1.54) is 51.4 Å². The van der Waals surface area contributed by atoms with Gasteiger partial charge in [0.15, 0.2) is 0 Å². The van der Waals surface area contributed by atoms with Crippen LogP contribution < -0.4 is 0 Å². The summed E-state index contributed by atoms with van der Waals surface area (Å²) in [6.07, 6.45) is 11.7. The third kappa shape index (κ3) is 4.93. The van der Waals surface area contributed by atoms with Crippen molar-refractivity contribution in [3.63, 3.8) is 0 Å². The molecule has 16 heavy (non-hydrogen) atoms. The lowest BCUT2D eigenvalue weighted by molar-refractivity contribution is 0.231. The molecule has 1 rings (SSSR count). The van der Waals surface area contributed by atoms with Gasteiger partial charge in [-0.2, -0.15) is 0 Å². The summed E-state index contributed by atoms with van der Waals surface area (Å²) in [6, 6.07) is 0. The minimum absolute atomic E-state index is 0.912. The Balaban J connectivity index is 2.40. The van der Waals surface area contributed by atoms with Gasteiger partial charge in [-0.1, -0.05) is 69.0 Å². The van der Waals surface area contributed by atoms with Gasteiger partial charge in [0.05, 0.1) is 0 Å². The molecule has 0 aromatic heterocycles. The van der Waals surface area contributed by atoms with Gasteiger partial charge in [-0.3, -0.25) is 0 Å². The van der Waals surface area contributed by atoms with Crippen LogP contribution in [0.15, 0.2) is 0 Å². The quantitative estimate of drug-likeness (QED) is 0.423. The zero-order chi connectivity index (χ0) is 12.0. The van der Waals surface area contributed by atoms with E-state index in [-0.39, 0.29) is 0 Å². The van der Waals surface area contributed by atoms with Crippen LogP contribution in [0.4, 0.5) is 0 Å². The molecule has 1 heteroatoms.